The van der Waals surface area contributed by atoms with Gasteiger partial charge in [-0.1, -0.05) is 6.07 Å². The highest BCUT2D eigenvalue weighted by Gasteiger charge is 2.20. The van der Waals surface area contributed by atoms with Gasteiger partial charge in [-0.2, -0.15) is 0 Å². The Balaban J connectivity index is 1.60. The number of carbonyl (C=O) groups excluding carboxylic acids is 1. The number of fused-ring (bicyclic) bond motifs is 1. The van der Waals surface area contributed by atoms with Crippen molar-refractivity contribution in [1.29, 1.82) is 5.41 Å². The van der Waals surface area contributed by atoms with Crippen molar-refractivity contribution < 1.29 is 9.53 Å². The van der Waals surface area contributed by atoms with E-state index in [9.17, 15) is 4.79 Å². The number of benzene rings is 1. The average Bonchev–Trinajstić information content (AvgIpc) is 3.36. The van der Waals surface area contributed by atoms with Crippen LogP contribution >= 0.6 is 27.3 Å². The molecule has 0 saturated carbocycles. The fraction of sp³-hybridized carbons (Fsp3) is 0.263. The molecule has 0 aliphatic carbocycles. The number of rotatable bonds is 6. The molecule has 1 fully saturated rings. The summed E-state index contributed by atoms with van der Waals surface area (Å²) in [5, 5.41) is 16.1. The number of hydrogen-bond acceptors (Lipinski definition) is 8. The van der Waals surface area contributed by atoms with Crippen molar-refractivity contribution in [2.24, 2.45) is 0 Å². The van der Waals surface area contributed by atoms with Crippen LogP contribution in [0.1, 0.15) is 28.8 Å². The van der Waals surface area contributed by atoms with Gasteiger partial charge >= 0.3 is 0 Å². The summed E-state index contributed by atoms with van der Waals surface area (Å²) in [6.07, 6.45) is 3.58. The van der Waals surface area contributed by atoms with Crippen molar-refractivity contribution >= 4 is 65.2 Å². The lowest BCUT2D eigenvalue weighted by Crippen LogP contribution is -2.20. The van der Waals surface area contributed by atoms with E-state index in [-0.39, 0.29) is 16.6 Å². The maximum atomic E-state index is 12.9. The number of carbonyl (C=O) groups is 1. The molecule has 1 aliphatic heterocycles. The zero-order valence-corrected chi connectivity index (χ0v) is 17.8. The third-order valence-corrected chi connectivity index (χ3v) is 6.09. The molecule has 1 amide bonds. The number of aromatic nitrogens is 2. The second-order valence-corrected chi connectivity index (χ2v) is 8.27. The van der Waals surface area contributed by atoms with Crippen LogP contribution in [-0.4, -0.2) is 39.8 Å². The van der Waals surface area contributed by atoms with E-state index in [0.29, 0.717) is 39.4 Å². The molecule has 29 heavy (non-hydrogen) atoms. The van der Waals surface area contributed by atoms with Gasteiger partial charge < -0.3 is 21.1 Å². The molecular formula is C19H19BrN6O2S. The Kier molecular flexibility index (Phi) is 5.74. The standard InChI is InChI=1S/C19H19BrN6O2S/c20-17(21)14-12(23-7-10-3-2-6-28-10)4-1-5-13(14)26-19(27)11-8-29-16-15(11)24-9-25-18(16)22/h1,4-5,8-10,21,23H,2-3,6-7H2,(H,26,27)(H2,22,24,25). The molecule has 0 bridgehead atoms. The molecule has 3 heterocycles. The van der Waals surface area contributed by atoms with Gasteiger partial charge in [-0.25, -0.2) is 9.97 Å². The van der Waals surface area contributed by atoms with Crippen molar-refractivity contribution in [3.63, 3.8) is 0 Å². The highest BCUT2D eigenvalue weighted by atomic mass is 79.9. The van der Waals surface area contributed by atoms with Crippen LogP contribution in [-0.2, 0) is 4.74 Å². The van der Waals surface area contributed by atoms with Crippen molar-refractivity contribution in [3.8, 4) is 0 Å². The predicted octanol–water partition coefficient (Wildman–Crippen LogP) is 3.84. The lowest BCUT2D eigenvalue weighted by atomic mass is 10.1. The maximum absolute atomic E-state index is 12.9. The quantitative estimate of drug-likeness (QED) is 0.402. The topological polar surface area (TPSA) is 126 Å². The molecule has 5 N–H and O–H groups in total. The fourth-order valence-corrected chi connectivity index (χ4v) is 4.62. The number of nitrogens with one attached hydrogen (secondary N) is 3. The van der Waals surface area contributed by atoms with Crippen molar-refractivity contribution in [1.82, 2.24) is 9.97 Å². The van der Waals surface area contributed by atoms with Crippen LogP contribution in [0.4, 0.5) is 17.2 Å². The number of amides is 1. The summed E-state index contributed by atoms with van der Waals surface area (Å²) in [4.78, 5) is 21.1. The smallest absolute Gasteiger partial charge is 0.258 e. The minimum atomic E-state index is -0.319. The highest BCUT2D eigenvalue weighted by Crippen LogP contribution is 2.31. The molecule has 2 aromatic heterocycles. The fourth-order valence-electron chi connectivity index (χ4n) is 3.29. The zero-order valence-electron chi connectivity index (χ0n) is 15.4. The van der Waals surface area contributed by atoms with Crippen LogP contribution in [0.15, 0.2) is 29.9 Å². The SMILES string of the molecule is N=C(Br)c1c(NCC2CCCO2)cccc1NC(=O)c1csc2c(N)ncnc12. The van der Waals surface area contributed by atoms with Crippen LogP contribution in [0.5, 0.6) is 0 Å². The summed E-state index contributed by atoms with van der Waals surface area (Å²) in [7, 11) is 0. The molecule has 0 spiro atoms. The molecule has 1 unspecified atom stereocenters. The van der Waals surface area contributed by atoms with Gasteiger partial charge in [0.25, 0.3) is 5.91 Å². The van der Waals surface area contributed by atoms with Crippen LogP contribution in [0.25, 0.3) is 10.2 Å². The zero-order chi connectivity index (χ0) is 20.4. The normalized spacial score (nSPS) is 16.1. The lowest BCUT2D eigenvalue weighted by molar-refractivity contribution is 0.102. The molecule has 1 atom stereocenters. The third kappa shape index (κ3) is 4.09. The highest BCUT2D eigenvalue weighted by molar-refractivity contribution is 9.18. The Morgan fingerprint density at radius 1 is 1.38 bits per heavy atom. The van der Waals surface area contributed by atoms with Gasteiger partial charge in [-0.05, 0) is 40.9 Å². The first-order chi connectivity index (χ1) is 14.0. The van der Waals surface area contributed by atoms with Crippen LogP contribution < -0.4 is 16.4 Å². The van der Waals surface area contributed by atoms with Gasteiger partial charge in [0.1, 0.15) is 16.8 Å². The molecule has 3 aromatic rings. The van der Waals surface area contributed by atoms with E-state index in [2.05, 4.69) is 36.5 Å². The second kappa shape index (κ2) is 8.44. The van der Waals surface area contributed by atoms with E-state index in [0.717, 1.165) is 25.1 Å². The number of anilines is 3. The maximum Gasteiger partial charge on any atom is 0.258 e. The summed E-state index contributed by atoms with van der Waals surface area (Å²) >= 11 is 4.58. The van der Waals surface area contributed by atoms with E-state index >= 15 is 0 Å². The summed E-state index contributed by atoms with van der Waals surface area (Å²) < 4.78 is 6.50. The molecule has 8 nitrogen and oxygen atoms in total. The van der Waals surface area contributed by atoms with Gasteiger partial charge in [0, 0.05) is 24.2 Å². The Bertz CT molecular complexity index is 1080. The number of ether oxygens (including phenoxy) is 1. The largest absolute Gasteiger partial charge is 0.382 e. The van der Waals surface area contributed by atoms with E-state index in [4.69, 9.17) is 15.9 Å². The third-order valence-electron chi connectivity index (χ3n) is 4.70. The molecule has 10 heteroatoms. The summed E-state index contributed by atoms with van der Waals surface area (Å²) in [6.45, 7) is 1.43. The van der Waals surface area contributed by atoms with Crippen LogP contribution in [0.3, 0.4) is 0 Å². The number of thiophene rings is 1. The monoisotopic (exact) mass is 474 g/mol. The van der Waals surface area contributed by atoms with Gasteiger partial charge in [0.05, 0.1) is 33.1 Å². The number of nitrogens with two attached hydrogens (primary N) is 1. The molecule has 1 aromatic carbocycles. The summed E-state index contributed by atoms with van der Waals surface area (Å²) in [5.74, 6) is 0.0305. The molecule has 0 radical (unpaired) electrons. The van der Waals surface area contributed by atoms with Crippen molar-refractivity contribution in [2.75, 3.05) is 29.5 Å². The first kappa shape index (κ1) is 19.7. The Hall–Kier alpha value is -2.56. The Morgan fingerprint density at radius 3 is 2.97 bits per heavy atom. The minimum Gasteiger partial charge on any atom is -0.382 e. The van der Waals surface area contributed by atoms with E-state index in [1.165, 1.54) is 17.7 Å². The first-order valence-electron chi connectivity index (χ1n) is 9.06. The predicted molar refractivity (Wildman–Crippen MR) is 119 cm³/mol. The van der Waals surface area contributed by atoms with Gasteiger partial charge in [-0.15, -0.1) is 11.3 Å². The van der Waals surface area contributed by atoms with E-state index < -0.39 is 0 Å². The number of hydrogen-bond donors (Lipinski definition) is 4. The number of halogens is 1. The Labute approximate surface area is 179 Å². The molecule has 4 rings (SSSR count). The minimum absolute atomic E-state index is 0.160. The van der Waals surface area contributed by atoms with Crippen LogP contribution in [0.2, 0.25) is 0 Å². The molecular weight excluding hydrogens is 456 g/mol. The Morgan fingerprint density at radius 2 is 2.21 bits per heavy atom. The average molecular weight is 475 g/mol. The van der Waals surface area contributed by atoms with Crippen LogP contribution in [0, 0.1) is 5.41 Å². The second-order valence-electron chi connectivity index (χ2n) is 6.60. The summed E-state index contributed by atoms with van der Waals surface area (Å²) in [6, 6.07) is 5.47. The van der Waals surface area contributed by atoms with Crippen molar-refractivity contribution in [2.45, 2.75) is 18.9 Å². The van der Waals surface area contributed by atoms with E-state index in [1.807, 2.05) is 12.1 Å². The molecule has 1 aliphatic rings. The van der Waals surface area contributed by atoms with E-state index in [1.54, 1.807) is 11.4 Å². The lowest BCUT2D eigenvalue weighted by Gasteiger charge is -2.17. The number of nitrogen functional groups attached to an aromatic ring is 1. The number of nitrogens with zero attached hydrogens (tertiary/aromatic N) is 2. The molecule has 150 valence electrons. The van der Waals surface area contributed by atoms with Crippen molar-refractivity contribution in [3.05, 3.63) is 41.0 Å². The molecule has 1 saturated heterocycles. The van der Waals surface area contributed by atoms with Gasteiger partial charge in [0.2, 0.25) is 0 Å². The van der Waals surface area contributed by atoms with Gasteiger partial charge in [-0.3, -0.25) is 10.2 Å². The first-order valence-corrected chi connectivity index (χ1v) is 10.7. The van der Waals surface area contributed by atoms with Gasteiger partial charge in [0.15, 0.2) is 0 Å². The summed E-state index contributed by atoms with van der Waals surface area (Å²) in [5.41, 5.74) is 8.65.